The van der Waals surface area contributed by atoms with Crippen molar-refractivity contribution in [2.75, 3.05) is 15.8 Å². The van der Waals surface area contributed by atoms with Crippen LogP contribution in [0.4, 0.5) is 21.6 Å². The molecule has 0 amide bonds. The summed E-state index contributed by atoms with van der Waals surface area (Å²) in [5.74, 6) is -0.0199. The van der Waals surface area contributed by atoms with Crippen LogP contribution in [0.3, 0.4) is 0 Å². The molecule has 1 fully saturated rings. The Balaban J connectivity index is 1.88. The van der Waals surface area contributed by atoms with Crippen molar-refractivity contribution < 1.29 is 8.60 Å². The molecule has 1 saturated carbocycles. The van der Waals surface area contributed by atoms with Crippen molar-refractivity contribution in [3.8, 4) is 5.69 Å². The number of hydrogen-bond donors (Lipinski definition) is 2. The van der Waals surface area contributed by atoms with Gasteiger partial charge in [0, 0.05) is 30.1 Å². The molecule has 1 atom stereocenters. The number of nitrogens with one attached hydrogen (secondary N) is 2. The molecule has 210 valence electrons. The molecule has 1 aliphatic rings. The highest BCUT2D eigenvalue weighted by Crippen LogP contribution is 2.34. The first kappa shape index (κ1) is 27.6. The molecule has 0 aliphatic heterocycles. The van der Waals surface area contributed by atoms with Crippen LogP contribution in [-0.4, -0.2) is 23.7 Å². The summed E-state index contributed by atoms with van der Waals surface area (Å²) >= 11 is 0. The summed E-state index contributed by atoms with van der Waals surface area (Å²) in [7, 11) is 0.214. The molecule has 11 heteroatoms. The van der Waals surface area contributed by atoms with Gasteiger partial charge in [-0.15, -0.1) is 0 Å². The van der Waals surface area contributed by atoms with Crippen molar-refractivity contribution in [2.24, 2.45) is 7.05 Å². The van der Waals surface area contributed by atoms with Crippen LogP contribution in [0.15, 0.2) is 56.8 Å². The van der Waals surface area contributed by atoms with E-state index in [-0.39, 0.29) is 40.4 Å². The van der Waals surface area contributed by atoms with E-state index in [0.29, 0.717) is 36.4 Å². The summed E-state index contributed by atoms with van der Waals surface area (Å²) in [5, 5.41) is 3.13. The molecule has 2 N–H and O–H groups in total. The first-order chi connectivity index (χ1) is 19.2. The van der Waals surface area contributed by atoms with Crippen LogP contribution >= 0.6 is 0 Å². The number of aromatic nitrogens is 3. The monoisotopic (exact) mass is 565 g/mol. The Morgan fingerprint density at radius 2 is 1.75 bits per heavy atom. The zero-order chi connectivity index (χ0) is 28.7. The number of rotatable bonds is 9. The molecule has 0 bridgehead atoms. The van der Waals surface area contributed by atoms with Crippen molar-refractivity contribution >= 4 is 39.1 Å². The SMILES string of the molecule is CCc1ccc(Nc2c3c(=O)n(C4CC4)c(=O)n(-c4cccc(NS(=O)CC)c4)c3c(CC)c(=O)n2C)c(F)c1. The molecule has 9 nitrogen and oxygen atoms in total. The lowest BCUT2D eigenvalue weighted by Gasteiger charge is -2.21. The van der Waals surface area contributed by atoms with E-state index in [1.807, 2.05) is 6.92 Å². The standard InChI is InChI=1S/C29H32FN5O4S/c1-5-17-11-14-23(22(30)15-17)31-26-24-25(21(6-2)27(36)33(26)4)34(29(38)35(28(24)37)19-12-13-19)20-10-8-9-18(16-20)32-40(39)7-3/h8-11,14-16,19,31-32H,5-7,12-13H2,1-4H3. The maximum absolute atomic E-state index is 15.1. The Kier molecular flexibility index (Phi) is 7.50. The van der Waals surface area contributed by atoms with Crippen molar-refractivity contribution in [2.45, 2.75) is 52.5 Å². The van der Waals surface area contributed by atoms with Crippen molar-refractivity contribution in [3.05, 3.63) is 90.6 Å². The summed E-state index contributed by atoms with van der Waals surface area (Å²) in [6.45, 7) is 5.50. The van der Waals surface area contributed by atoms with Gasteiger partial charge in [0.25, 0.3) is 11.1 Å². The predicted molar refractivity (Wildman–Crippen MR) is 158 cm³/mol. The third-order valence-electron chi connectivity index (χ3n) is 7.27. The summed E-state index contributed by atoms with van der Waals surface area (Å²) in [4.78, 5) is 41.7. The molecule has 40 heavy (non-hydrogen) atoms. The molecule has 4 aromatic rings. The highest BCUT2D eigenvalue weighted by Gasteiger charge is 2.32. The Labute approximate surface area is 232 Å². The fraction of sp³-hybridized carbons (Fsp3) is 0.345. The van der Waals surface area contributed by atoms with E-state index in [0.717, 1.165) is 5.56 Å². The molecule has 5 rings (SSSR count). The lowest BCUT2D eigenvalue weighted by atomic mass is 10.1. The molecule has 0 spiro atoms. The molecular weight excluding hydrogens is 533 g/mol. The second-order valence-electron chi connectivity index (χ2n) is 9.87. The van der Waals surface area contributed by atoms with Crippen LogP contribution in [0.1, 0.15) is 50.8 Å². The fourth-order valence-electron chi connectivity index (χ4n) is 4.97. The minimum absolute atomic E-state index is 0.106. The molecular formula is C29H32FN5O4S. The number of benzene rings is 2. The van der Waals surface area contributed by atoms with Gasteiger partial charge in [0.2, 0.25) is 0 Å². The molecule has 2 aromatic carbocycles. The maximum atomic E-state index is 15.1. The normalized spacial score (nSPS) is 13.9. The Hall–Kier alpha value is -3.99. The van der Waals surface area contributed by atoms with E-state index in [2.05, 4.69) is 10.0 Å². The van der Waals surface area contributed by atoms with Gasteiger partial charge in [0.1, 0.15) is 28.0 Å². The second kappa shape index (κ2) is 10.9. The summed E-state index contributed by atoms with van der Waals surface area (Å²) < 4.78 is 34.1. The van der Waals surface area contributed by atoms with Gasteiger partial charge in [0.15, 0.2) is 0 Å². The zero-order valence-corrected chi connectivity index (χ0v) is 23.7. The topological polar surface area (TPSA) is 107 Å². The van der Waals surface area contributed by atoms with Gasteiger partial charge in [-0.1, -0.05) is 32.9 Å². The van der Waals surface area contributed by atoms with Crippen LogP contribution in [0.5, 0.6) is 0 Å². The number of fused-ring (bicyclic) bond motifs is 1. The third kappa shape index (κ3) is 4.78. The molecule has 0 radical (unpaired) electrons. The van der Waals surface area contributed by atoms with Crippen molar-refractivity contribution in [1.29, 1.82) is 0 Å². The van der Waals surface area contributed by atoms with E-state index in [1.54, 1.807) is 50.2 Å². The second-order valence-corrected chi connectivity index (χ2v) is 11.3. The molecule has 1 unspecified atom stereocenters. The van der Waals surface area contributed by atoms with Gasteiger partial charge in [-0.25, -0.2) is 13.4 Å². The molecule has 0 saturated heterocycles. The lowest BCUT2D eigenvalue weighted by Crippen LogP contribution is -2.41. The van der Waals surface area contributed by atoms with Gasteiger partial charge in [-0.05, 0) is 61.6 Å². The minimum atomic E-state index is -1.32. The molecule has 1 aliphatic carbocycles. The average Bonchev–Trinajstić information content (AvgIpc) is 3.77. The van der Waals surface area contributed by atoms with Gasteiger partial charge in [0.05, 0.1) is 16.9 Å². The van der Waals surface area contributed by atoms with Crippen molar-refractivity contribution in [1.82, 2.24) is 13.7 Å². The number of pyridine rings is 1. The Morgan fingerprint density at radius 1 is 1.00 bits per heavy atom. The largest absolute Gasteiger partial charge is 0.338 e. The van der Waals surface area contributed by atoms with Gasteiger partial charge < -0.3 is 10.0 Å². The number of halogens is 1. The van der Waals surface area contributed by atoms with Crippen LogP contribution in [0, 0.1) is 5.82 Å². The average molecular weight is 566 g/mol. The van der Waals surface area contributed by atoms with E-state index < -0.39 is 33.6 Å². The lowest BCUT2D eigenvalue weighted by molar-refractivity contribution is 0.629. The van der Waals surface area contributed by atoms with Gasteiger partial charge >= 0.3 is 5.69 Å². The zero-order valence-electron chi connectivity index (χ0n) is 22.9. The molecule has 2 aromatic heterocycles. The molecule has 2 heterocycles. The van der Waals surface area contributed by atoms with E-state index >= 15 is 4.39 Å². The van der Waals surface area contributed by atoms with E-state index in [1.165, 1.54) is 26.8 Å². The first-order valence-corrected chi connectivity index (χ1v) is 14.8. The number of nitrogens with zero attached hydrogens (tertiary/aromatic N) is 3. The Morgan fingerprint density at radius 3 is 2.38 bits per heavy atom. The smallest absolute Gasteiger partial charge is 0.336 e. The van der Waals surface area contributed by atoms with Crippen LogP contribution < -0.4 is 26.8 Å². The van der Waals surface area contributed by atoms with Crippen LogP contribution in [-0.2, 0) is 30.9 Å². The van der Waals surface area contributed by atoms with Crippen LogP contribution in [0.2, 0.25) is 0 Å². The first-order valence-electron chi connectivity index (χ1n) is 13.4. The highest BCUT2D eigenvalue weighted by molar-refractivity contribution is 7.86. The van der Waals surface area contributed by atoms with Crippen LogP contribution in [0.25, 0.3) is 16.6 Å². The van der Waals surface area contributed by atoms with Crippen molar-refractivity contribution in [3.63, 3.8) is 0 Å². The number of hydrogen-bond acceptors (Lipinski definition) is 5. The fourth-order valence-corrected chi connectivity index (χ4v) is 5.51. The quantitative estimate of drug-likeness (QED) is 0.315. The highest BCUT2D eigenvalue weighted by atomic mass is 32.2. The van der Waals surface area contributed by atoms with E-state index in [4.69, 9.17) is 0 Å². The maximum Gasteiger partial charge on any atom is 0.336 e. The Bertz CT molecular complexity index is 1840. The predicted octanol–water partition coefficient (Wildman–Crippen LogP) is 4.29. The number of aryl methyl sites for hydroxylation is 2. The van der Waals surface area contributed by atoms with Gasteiger partial charge in [-0.3, -0.25) is 23.3 Å². The number of anilines is 3. The minimum Gasteiger partial charge on any atom is -0.338 e. The van der Waals surface area contributed by atoms with Gasteiger partial charge in [-0.2, -0.15) is 0 Å². The summed E-state index contributed by atoms with van der Waals surface area (Å²) in [6, 6.07) is 11.3. The van der Waals surface area contributed by atoms with E-state index in [9.17, 15) is 18.6 Å². The summed E-state index contributed by atoms with van der Waals surface area (Å²) in [6.07, 6.45) is 2.27. The third-order valence-corrected chi connectivity index (χ3v) is 8.26. The summed E-state index contributed by atoms with van der Waals surface area (Å²) in [5.41, 5.74) is 0.847.